The number of carbonyl (C=O) groups excluding carboxylic acids is 1. The van der Waals surface area contributed by atoms with E-state index in [0.717, 1.165) is 6.07 Å². The van der Waals surface area contributed by atoms with Crippen molar-refractivity contribution in [3.8, 4) is 11.5 Å². The summed E-state index contributed by atoms with van der Waals surface area (Å²) in [7, 11) is 2.56. The summed E-state index contributed by atoms with van der Waals surface area (Å²) in [6, 6.07) is 1.19. The van der Waals surface area contributed by atoms with Gasteiger partial charge in [-0.2, -0.15) is 0 Å². The molecule has 0 saturated heterocycles. The van der Waals surface area contributed by atoms with Crippen molar-refractivity contribution in [3.63, 3.8) is 0 Å². The number of rotatable bonds is 7. The zero-order valence-electron chi connectivity index (χ0n) is 13.5. The first-order chi connectivity index (χ1) is 11.3. The third-order valence-electron chi connectivity index (χ3n) is 3.85. The smallest absolute Gasteiger partial charge is 0.326 e. The van der Waals surface area contributed by atoms with Crippen LogP contribution in [0.4, 0.5) is 5.69 Å². The van der Waals surface area contributed by atoms with Gasteiger partial charge in [0.1, 0.15) is 6.04 Å². The van der Waals surface area contributed by atoms with Crippen molar-refractivity contribution >= 4 is 17.6 Å². The molecule has 1 aromatic rings. The molecule has 1 atom stereocenters. The number of nitro benzene ring substituents is 1. The van der Waals surface area contributed by atoms with Gasteiger partial charge in [-0.3, -0.25) is 14.9 Å². The summed E-state index contributed by atoms with van der Waals surface area (Å²) in [5.41, 5.74) is -0.432. The van der Waals surface area contributed by atoms with Gasteiger partial charge in [0, 0.05) is 12.1 Å². The number of amides is 1. The van der Waals surface area contributed by atoms with Crippen molar-refractivity contribution in [2.45, 2.75) is 31.8 Å². The van der Waals surface area contributed by atoms with E-state index in [-0.39, 0.29) is 23.1 Å². The van der Waals surface area contributed by atoms with Crippen LogP contribution in [-0.4, -0.2) is 53.1 Å². The van der Waals surface area contributed by atoms with Gasteiger partial charge in [0.2, 0.25) is 5.75 Å². The van der Waals surface area contributed by atoms with E-state index in [1.807, 2.05) is 0 Å². The van der Waals surface area contributed by atoms with Gasteiger partial charge in [-0.05, 0) is 25.8 Å². The summed E-state index contributed by atoms with van der Waals surface area (Å²) >= 11 is 0. The van der Waals surface area contributed by atoms with Crippen LogP contribution in [0.1, 0.15) is 30.1 Å². The molecule has 9 heteroatoms. The van der Waals surface area contributed by atoms with E-state index in [4.69, 9.17) is 9.47 Å². The molecule has 0 spiro atoms. The summed E-state index contributed by atoms with van der Waals surface area (Å²) in [4.78, 5) is 35.8. The lowest BCUT2D eigenvalue weighted by Crippen LogP contribution is -2.44. The van der Waals surface area contributed by atoms with E-state index in [9.17, 15) is 24.8 Å². The lowest BCUT2D eigenvalue weighted by molar-refractivity contribution is -0.385. The van der Waals surface area contributed by atoms with Crippen LogP contribution in [-0.2, 0) is 4.79 Å². The molecule has 130 valence electrons. The zero-order chi connectivity index (χ0) is 18.0. The summed E-state index contributed by atoms with van der Waals surface area (Å²) in [6.45, 7) is 1.41. The van der Waals surface area contributed by atoms with E-state index in [0.29, 0.717) is 12.8 Å². The van der Waals surface area contributed by atoms with Crippen LogP contribution in [0.15, 0.2) is 12.1 Å². The molecule has 1 fully saturated rings. The molecule has 0 aliphatic heterocycles. The summed E-state index contributed by atoms with van der Waals surface area (Å²) < 4.78 is 10.0. The van der Waals surface area contributed by atoms with Crippen LogP contribution in [0.2, 0.25) is 0 Å². The standard InChI is InChI=1S/C15H18N2O7/c1-8(15(19)20)16(10-4-5-10)14(18)9-6-11(17(21)22)13(24-3)12(7-9)23-2/h6-8,10H,4-5H2,1-3H3,(H,19,20). The molecule has 1 aliphatic rings. The van der Waals surface area contributed by atoms with Gasteiger partial charge < -0.3 is 19.5 Å². The molecular formula is C15H18N2O7. The number of carbonyl (C=O) groups is 2. The average molecular weight is 338 g/mol. The Kier molecular flexibility index (Phi) is 4.91. The first-order valence-electron chi connectivity index (χ1n) is 7.27. The Bertz CT molecular complexity index is 685. The maximum Gasteiger partial charge on any atom is 0.326 e. The molecule has 0 heterocycles. The van der Waals surface area contributed by atoms with Crippen LogP contribution in [0.3, 0.4) is 0 Å². The molecule has 24 heavy (non-hydrogen) atoms. The van der Waals surface area contributed by atoms with E-state index in [2.05, 4.69) is 0 Å². The van der Waals surface area contributed by atoms with Crippen molar-refractivity contribution in [3.05, 3.63) is 27.8 Å². The number of carboxylic acid groups (broad SMARTS) is 1. The van der Waals surface area contributed by atoms with Crippen molar-refractivity contribution in [2.75, 3.05) is 14.2 Å². The fourth-order valence-electron chi connectivity index (χ4n) is 2.48. The Balaban J connectivity index is 2.50. The van der Waals surface area contributed by atoms with Crippen LogP contribution in [0.5, 0.6) is 11.5 Å². The summed E-state index contributed by atoms with van der Waals surface area (Å²) in [5, 5.41) is 20.4. The predicted molar refractivity (Wildman–Crippen MR) is 82.5 cm³/mol. The minimum absolute atomic E-state index is 0.0145. The first-order valence-corrected chi connectivity index (χ1v) is 7.27. The third-order valence-corrected chi connectivity index (χ3v) is 3.85. The minimum atomic E-state index is -1.13. The van der Waals surface area contributed by atoms with Crippen LogP contribution >= 0.6 is 0 Å². The highest BCUT2D eigenvalue weighted by atomic mass is 16.6. The second-order valence-corrected chi connectivity index (χ2v) is 5.45. The number of carboxylic acids is 1. The van der Waals surface area contributed by atoms with Gasteiger partial charge in [0.05, 0.1) is 24.7 Å². The molecule has 1 amide bonds. The number of hydrogen-bond acceptors (Lipinski definition) is 6. The third kappa shape index (κ3) is 3.24. The maximum absolute atomic E-state index is 12.8. The average Bonchev–Trinajstić information content (AvgIpc) is 3.37. The second-order valence-electron chi connectivity index (χ2n) is 5.45. The Morgan fingerprint density at radius 3 is 2.38 bits per heavy atom. The maximum atomic E-state index is 12.8. The molecule has 9 nitrogen and oxygen atoms in total. The summed E-state index contributed by atoms with van der Waals surface area (Å²) in [5.74, 6) is -1.78. The number of methoxy groups -OCH3 is 2. The van der Waals surface area contributed by atoms with E-state index < -0.39 is 28.5 Å². The van der Waals surface area contributed by atoms with Gasteiger partial charge in [-0.15, -0.1) is 0 Å². The number of nitrogens with zero attached hydrogens (tertiary/aromatic N) is 2. The fourth-order valence-corrected chi connectivity index (χ4v) is 2.48. The molecule has 1 aliphatic carbocycles. The quantitative estimate of drug-likeness (QED) is 0.593. The fraction of sp³-hybridized carbons (Fsp3) is 0.467. The molecule has 1 saturated carbocycles. The Labute approximate surface area is 137 Å². The van der Waals surface area contributed by atoms with Crippen LogP contribution in [0.25, 0.3) is 0 Å². The molecule has 1 N–H and O–H groups in total. The van der Waals surface area contributed by atoms with Crippen molar-refractivity contribution in [2.24, 2.45) is 0 Å². The number of benzene rings is 1. The second kappa shape index (κ2) is 6.73. The largest absolute Gasteiger partial charge is 0.493 e. The van der Waals surface area contributed by atoms with Crippen molar-refractivity contribution in [1.29, 1.82) is 0 Å². The minimum Gasteiger partial charge on any atom is -0.493 e. The normalized spacial score (nSPS) is 14.6. The predicted octanol–water partition coefficient (Wildman–Crippen LogP) is 1.69. The van der Waals surface area contributed by atoms with Crippen molar-refractivity contribution < 1.29 is 29.1 Å². The van der Waals surface area contributed by atoms with Crippen LogP contribution in [0, 0.1) is 10.1 Å². The van der Waals surface area contributed by atoms with E-state index in [1.165, 1.54) is 32.1 Å². The molecular weight excluding hydrogens is 320 g/mol. The van der Waals surface area contributed by atoms with Gasteiger partial charge in [0.25, 0.3) is 5.91 Å². The molecule has 1 unspecified atom stereocenters. The van der Waals surface area contributed by atoms with Gasteiger partial charge in [-0.1, -0.05) is 0 Å². The molecule has 0 radical (unpaired) electrons. The highest BCUT2D eigenvalue weighted by Gasteiger charge is 2.39. The number of hydrogen-bond donors (Lipinski definition) is 1. The highest BCUT2D eigenvalue weighted by Crippen LogP contribution is 2.39. The van der Waals surface area contributed by atoms with Gasteiger partial charge in [-0.25, -0.2) is 4.79 Å². The number of nitro groups is 1. The highest BCUT2D eigenvalue weighted by molar-refractivity contribution is 5.98. The first kappa shape index (κ1) is 17.5. The monoisotopic (exact) mass is 338 g/mol. The van der Waals surface area contributed by atoms with E-state index in [1.54, 1.807) is 0 Å². The Morgan fingerprint density at radius 1 is 1.33 bits per heavy atom. The van der Waals surface area contributed by atoms with Gasteiger partial charge in [0.15, 0.2) is 5.75 Å². The Hall–Kier alpha value is -2.84. The molecule has 2 rings (SSSR count). The summed E-state index contributed by atoms with van der Waals surface area (Å²) in [6.07, 6.45) is 1.41. The number of aliphatic carboxylic acids is 1. The molecule has 0 aromatic heterocycles. The molecule has 0 bridgehead atoms. The lowest BCUT2D eigenvalue weighted by atomic mass is 10.1. The Morgan fingerprint density at radius 2 is 1.96 bits per heavy atom. The van der Waals surface area contributed by atoms with Gasteiger partial charge >= 0.3 is 11.7 Å². The molecule has 1 aromatic carbocycles. The SMILES string of the molecule is COc1cc(C(=O)N(C2CC2)C(C)C(=O)O)cc([N+](=O)[O-])c1OC. The van der Waals surface area contributed by atoms with E-state index >= 15 is 0 Å². The zero-order valence-corrected chi connectivity index (χ0v) is 13.5. The number of ether oxygens (including phenoxy) is 2. The topological polar surface area (TPSA) is 119 Å². The lowest BCUT2D eigenvalue weighted by Gasteiger charge is -2.26. The van der Waals surface area contributed by atoms with Crippen LogP contribution < -0.4 is 9.47 Å². The van der Waals surface area contributed by atoms with Crippen molar-refractivity contribution in [1.82, 2.24) is 4.90 Å².